The van der Waals surface area contributed by atoms with Crippen LogP contribution in [-0.4, -0.2) is 51.8 Å². The number of hydrogen-bond acceptors (Lipinski definition) is 5. The van der Waals surface area contributed by atoms with Crippen molar-refractivity contribution >= 4 is 40.0 Å². The van der Waals surface area contributed by atoms with Crippen molar-refractivity contribution in [2.45, 2.75) is 20.0 Å². The number of aryl methyl sites for hydroxylation is 1. The van der Waals surface area contributed by atoms with E-state index in [0.717, 1.165) is 11.3 Å². The van der Waals surface area contributed by atoms with Crippen molar-refractivity contribution < 1.29 is 14.6 Å². The first-order valence-corrected chi connectivity index (χ1v) is 10.4. The van der Waals surface area contributed by atoms with Crippen LogP contribution in [-0.2, 0) is 22.6 Å². The molecule has 0 unspecified atom stereocenters. The van der Waals surface area contributed by atoms with Crippen molar-refractivity contribution in [2.75, 3.05) is 26.3 Å². The van der Waals surface area contributed by atoms with Gasteiger partial charge in [0.2, 0.25) is 11.8 Å². The average Bonchev–Trinajstić information content (AvgIpc) is 3.02. The molecule has 1 aliphatic rings. The number of amides is 1. The lowest BCUT2D eigenvalue weighted by Gasteiger charge is -2.27. The molecule has 9 heteroatoms. The highest BCUT2D eigenvalue weighted by atomic mass is 35.5. The van der Waals surface area contributed by atoms with E-state index in [1.54, 1.807) is 29.3 Å². The minimum absolute atomic E-state index is 0.00693. The molecule has 1 aromatic carbocycles. The fraction of sp³-hybridized carbons (Fsp3) is 0.333. The largest absolute Gasteiger partial charge is 0.494 e. The van der Waals surface area contributed by atoms with E-state index in [0.29, 0.717) is 58.4 Å². The van der Waals surface area contributed by atoms with Crippen LogP contribution in [0.4, 0.5) is 0 Å². The smallest absolute Gasteiger partial charge is 0.242 e. The van der Waals surface area contributed by atoms with Crippen LogP contribution in [0.2, 0.25) is 10.0 Å². The van der Waals surface area contributed by atoms with Gasteiger partial charge in [-0.2, -0.15) is 0 Å². The maximum Gasteiger partial charge on any atom is 0.242 e. The Morgan fingerprint density at radius 1 is 1.30 bits per heavy atom. The van der Waals surface area contributed by atoms with Crippen LogP contribution >= 0.6 is 23.2 Å². The maximum absolute atomic E-state index is 12.7. The number of hydrogen-bond donors (Lipinski definition) is 2. The topological polar surface area (TPSA) is 93.6 Å². The molecule has 3 aromatic rings. The number of aromatic hydroxyl groups is 1. The minimum Gasteiger partial charge on any atom is -0.494 e. The standard InChI is InChI=1S/C21H22Cl2N4O3/c1-12-15(9-24)19(14-3-2-13(22)8-16(14)23)20-17(25-12)10-27(21(20)29)11-18(28)26-4-6-30-7-5-26/h2-3,8,10,29H,4-7,9,11,24H2,1H3. The first-order chi connectivity index (χ1) is 14.4. The number of rotatable bonds is 4. The normalized spacial score (nSPS) is 14.5. The van der Waals surface area contributed by atoms with Crippen LogP contribution < -0.4 is 5.73 Å². The lowest BCUT2D eigenvalue weighted by molar-refractivity contribution is -0.135. The van der Waals surface area contributed by atoms with Gasteiger partial charge < -0.3 is 25.0 Å². The first kappa shape index (κ1) is 20.9. The van der Waals surface area contributed by atoms with Crippen molar-refractivity contribution in [1.82, 2.24) is 14.5 Å². The molecule has 0 saturated carbocycles. The zero-order valence-electron chi connectivity index (χ0n) is 16.5. The molecule has 1 aliphatic heterocycles. The van der Waals surface area contributed by atoms with Gasteiger partial charge in [-0.15, -0.1) is 0 Å². The van der Waals surface area contributed by atoms with E-state index < -0.39 is 0 Å². The van der Waals surface area contributed by atoms with Crippen molar-refractivity contribution in [3.8, 4) is 17.0 Å². The molecule has 0 spiro atoms. The van der Waals surface area contributed by atoms with Gasteiger partial charge in [-0.25, -0.2) is 0 Å². The summed E-state index contributed by atoms with van der Waals surface area (Å²) in [6.07, 6.45) is 1.68. The molecule has 158 valence electrons. The van der Waals surface area contributed by atoms with Gasteiger partial charge >= 0.3 is 0 Å². The van der Waals surface area contributed by atoms with Gasteiger partial charge in [-0.1, -0.05) is 29.3 Å². The number of halogens is 2. The summed E-state index contributed by atoms with van der Waals surface area (Å²) in [6, 6.07) is 5.19. The Hall–Kier alpha value is -2.32. The summed E-state index contributed by atoms with van der Waals surface area (Å²) in [7, 11) is 0. The van der Waals surface area contributed by atoms with Crippen LogP contribution in [0.5, 0.6) is 5.88 Å². The van der Waals surface area contributed by atoms with E-state index in [2.05, 4.69) is 4.98 Å². The second-order valence-corrected chi connectivity index (χ2v) is 8.06. The molecule has 7 nitrogen and oxygen atoms in total. The quantitative estimate of drug-likeness (QED) is 0.638. The highest BCUT2D eigenvalue weighted by molar-refractivity contribution is 6.36. The third kappa shape index (κ3) is 3.74. The second kappa shape index (κ2) is 8.43. The molecular weight excluding hydrogens is 427 g/mol. The Labute approximate surface area is 183 Å². The Kier molecular flexibility index (Phi) is 5.88. The lowest BCUT2D eigenvalue weighted by atomic mass is 9.95. The number of aromatic nitrogens is 2. The van der Waals surface area contributed by atoms with Crippen LogP contribution in [0.3, 0.4) is 0 Å². The zero-order chi connectivity index (χ0) is 21.4. The van der Waals surface area contributed by atoms with E-state index in [4.69, 9.17) is 33.7 Å². The summed E-state index contributed by atoms with van der Waals surface area (Å²) in [4.78, 5) is 19.0. The average molecular weight is 449 g/mol. The van der Waals surface area contributed by atoms with Crippen molar-refractivity contribution in [1.29, 1.82) is 0 Å². The zero-order valence-corrected chi connectivity index (χ0v) is 18.0. The Morgan fingerprint density at radius 2 is 2.03 bits per heavy atom. The predicted molar refractivity (Wildman–Crippen MR) is 117 cm³/mol. The number of ether oxygens (including phenoxy) is 1. The van der Waals surface area contributed by atoms with Crippen molar-refractivity contribution in [2.24, 2.45) is 5.73 Å². The van der Waals surface area contributed by atoms with Gasteiger partial charge in [0.05, 0.1) is 24.1 Å². The number of pyridine rings is 1. The molecular formula is C21H22Cl2N4O3. The Bertz CT molecular complexity index is 1120. The number of morpholine rings is 1. The molecule has 3 N–H and O–H groups in total. The second-order valence-electron chi connectivity index (χ2n) is 7.21. The van der Waals surface area contributed by atoms with E-state index in [1.807, 2.05) is 6.92 Å². The third-order valence-electron chi connectivity index (χ3n) is 5.38. The minimum atomic E-state index is -0.0873. The first-order valence-electron chi connectivity index (χ1n) is 9.63. The van der Waals surface area contributed by atoms with Gasteiger partial charge in [0, 0.05) is 52.7 Å². The number of nitrogens with two attached hydrogens (primary N) is 1. The summed E-state index contributed by atoms with van der Waals surface area (Å²) >= 11 is 12.6. The van der Waals surface area contributed by atoms with E-state index in [1.165, 1.54) is 4.57 Å². The Balaban J connectivity index is 1.85. The molecule has 1 fully saturated rings. The molecule has 0 radical (unpaired) electrons. The van der Waals surface area contributed by atoms with E-state index in [9.17, 15) is 9.90 Å². The molecule has 1 saturated heterocycles. The van der Waals surface area contributed by atoms with Crippen LogP contribution in [0.15, 0.2) is 24.4 Å². The highest BCUT2D eigenvalue weighted by Crippen LogP contribution is 2.42. The van der Waals surface area contributed by atoms with Gasteiger partial charge in [0.15, 0.2) is 0 Å². The fourth-order valence-corrected chi connectivity index (χ4v) is 4.36. The molecule has 0 aliphatic carbocycles. The van der Waals surface area contributed by atoms with Crippen LogP contribution in [0, 0.1) is 6.92 Å². The van der Waals surface area contributed by atoms with Gasteiger partial charge in [0.25, 0.3) is 0 Å². The SMILES string of the molecule is Cc1nc2cn(CC(=O)N3CCOCC3)c(O)c2c(-c2ccc(Cl)cc2Cl)c1CN. The number of benzene rings is 1. The third-order valence-corrected chi connectivity index (χ3v) is 5.93. The van der Waals surface area contributed by atoms with E-state index in [-0.39, 0.29) is 24.9 Å². The number of nitrogens with zero attached hydrogens (tertiary/aromatic N) is 3. The van der Waals surface area contributed by atoms with Crippen molar-refractivity contribution in [3.05, 3.63) is 45.7 Å². The van der Waals surface area contributed by atoms with Crippen LogP contribution in [0.1, 0.15) is 11.3 Å². The molecule has 30 heavy (non-hydrogen) atoms. The summed E-state index contributed by atoms with van der Waals surface area (Å²) in [5.41, 5.74) is 9.51. The molecule has 2 aromatic heterocycles. The molecule has 0 bridgehead atoms. The predicted octanol–water partition coefficient (Wildman–Crippen LogP) is 3.34. The molecule has 0 atom stereocenters. The summed E-state index contributed by atoms with van der Waals surface area (Å²) in [5.74, 6) is -0.134. The monoisotopic (exact) mass is 448 g/mol. The maximum atomic E-state index is 12.7. The molecule has 4 rings (SSSR count). The van der Waals surface area contributed by atoms with Crippen LogP contribution in [0.25, 0.3) is 22.0 Å². The van der Waals surface area contributed by atoms with Crippen molar-refractivity contribution in [3.63, 3.8) is 0 Å². The Morgan fingerprint density at radius 3 is 2.70 bits per heavy atom. The van der Waals surface area contributed by atoms with Gasteiger partial charge in [0.1, 0.15) is 6.54 Å². The summed E-state index contributed by atoms with van der Waals surface area (Å²) in [5, 5.41) is 12.5. The molecule has 3 heterocycles. The fourth-order valence-electron chi connectivity index (χ4n) is 3.85. The number of fused-ring (bicyclic) bond motifs is 1. The highest BCUT2D eigenvalue weighted by Gasteiger charge is 2.24. The van der Waals surface area contributed by atoms with Gasteiger partial charge in [-0.3, -0.25) is 9.78 Å². The van der Waals surface area contributed by atoms with E-state index >= 15 is 0 Å². The number of carbonyl (C=O) groups is 1. The number of carbonyl (C=O) groups excluding carboxylic acids is 1. The van der Waals surface area contributed by atoms with Gasteiger partial charge in [-0.05, 0) is 24.6 Å². The lowest BCUT2D eigenvalue weighted by Crippen LogP contribution is -2.42. The molecule has 1 amide bonds. The summed E-state index contributed by atoms with van der Waals surface area (Å²) < 4.78 is 6.82. The summed E-state index contributed by atoms with van der Waals surface area (Å²) in [6.45, 7) is 4.22.